The molecule has 0 aliphatic heterocycles. The van der Waals surface area contributed by atoms with Crippen molar-refractivity contribution in [2.45, 2.75) is 6.42 Å². The molecule has 0 unspecified atom stereocenters. The number of nitrogens with one attached hydrogen (secondary N) is 1. The van der Waals surface area contributed by atoms with Crippen molar-refractivity contribution in [1.29, 1.82) is 0 Å². The smallest absolute Gasteiger partial charge is 0.257 e. The van der Waals surface area contributed by atoms with Gasteiger partial charge in [0.2, 0.25) is 0 Å². The molecule has 1 rings (SSSR count). The summed E-state index contributed by atoms with van der Waals surface area (Å²) in [6, 6.07) is 4.33. The summed E-state index contributed by atoms with van der Waals surface area (Å²) in [6.07, 6.45) is 0.485. The number of hydrogen-bond donors (Lipinski definition) is 2. The van der Waals surface area contributed by atoms with E-state index in [4.69, 9.17) is 9.84 Å². The lowest BCUT2D eigenvalue weighted by molar-refractivity contribution is -0.123. The molecule has 1 amide bonds. The van der Waals surface area contributed by atoms with Crippen LogP contribution in [0.3, 0.4) is 0 Å². The lowest BCUT2D eigenvalue weighted by Gasteiger charge is -2.07. The highest BCUT2D eigenvalue weighted by Crippen LogP contribution is 2.21. The van der Waals surface area contributed by atoms with Crippen LogP contribution in [0, 0.1) is 5.82 Å². The Morgan fingerprint density at radius 3 is 2.94 bits per heavy atom. The summed E-state index contributed by atoms with van der Waals surface area (Å²) in [7, 11) is 0. The minimum Gasteiger partial charge on any atom is -0.481 e. The van der Waals surface area contributed by atoms with Crippen LogP contribution < -0.4 is 10.1 Å². The standard InChI is InChI=1S/C11H13BrFNO3/c12-8-2-3-10(9(13)6-8)17-7-11(16)14-4-1-5-15/h2-3,6,15H,1,4-5,7H2,(H,14,16). The van der Waals surface area contributed by atoms with Crippen LogP contribution in [0.4, 0.5) is 4.39 Å². The van der Waals surface area contributed by atoms with E-state index in [1.165, 1.54) is 12.1 Å². The molecule has 0 heterocycles. The maximum atomic E-state index is 13.3. The van der Waals surface area contributed by atoms with Gasteiger partial charge in [0, 0.05) is 17.6 Å². The highest BCUT2D eigenvalue weighted by Gasteiger charge is 2.06. The molecule has 2 N–H and O–H groups in total. The Hall–Kier alpha value is -1.14. The fourth-order valence-electron chi connectivity index (χ4n) is 1.09. The first-order chi connectivity index (χ1) is 8.13. The summed E-state index contributed by atoms with van der Waals surface area (Å²) in [4.78, 5) is 11.2. The molecule has 0 aliphatic rings. The van der Waals surface area contributed by atoms with Crippen LogP contribution >= 0.6 is 15.9 Å². The molecule has 0 saturated heterocycles. The molecular weight excluding hydrogens is 293 g/mol. The second-order valence-electron chi connectivity index (χ2n) is 3.29. The zero-order chi connectivity index (χ0) is 12.7. The number of aliphatic hydroxyl groups is 1. The van der Waals surface area contributed by atoms with Gasteiger partial charge in [0.15, 0.2) is 18.2 Å². The van der Waals surface area contributed by atoms with E-state index in [2.05, 4.69) is 21.2 Å². The number of carbonyl (C=O) groups excluding carboxylic acids is 1. The van der Waals surface area contributed by atoms with Crippen LogP contribution in [0.5, 0.6) is 5.75 Å². The number of amides is 1. The average molecular weight is 306 g/mol. The number of hydrogen-bond acceptors (Lipinski definition) is 3. The van der Waals surface area contributed by atoms with Crippen molar-refractivity contribution in [1.82, 2.24) is 5.32 Å². The number of aliphatic hydroxyl groups excluding tert-OH is 1. The summed E-state index contributed by atoms with van der Waals surface area (Å²) < 4.78 is 18.9. The number of halogens is 2. The monoisotopic (exact) mass is 305 g/mol. The zero-order valence-corrected chi connectivity index (χ0v) is 10.7. The molecule has 4 nitrogen and oxygen atoms in total. The highest BCUT2D eigenvalue weighted by molar-refractivity contribution is 9.10. The average Bonchev–Trinajstić information content (AvgIpc) is 2.28. The number of rotatable bonds is 6. The Morgan fingerprint density at radius 2 is 2.29 bits per heavy atom. The molecule has 0 atom stereocenters. The maximum Gasteiger partial charge on any atom is 0.257 e. The minimum absolute atomic E-state index is 0.0163. The Kier molecular flexibility index (Phi) is 5.93. The predicted molar refractivity (Wildman–Crippen MR) is 64.3 cm³/mol. The lowest BCUT2D eigenvalue weighted by Crippen LogP contribution is -2.30. The summed E-state index contributed by atoms with van der Waals surface area (Å²) in [5.74, 6) is -0.839. The second kappa shape index (κ2) is 7.24. The van der Waals surface area contributed by atoms with Gasteiger partial charge in [-0.3, -0.25) is 4.79 Å². The van der Waals surface area contributed by atoms with E-state index in [1.54, 1.807) is 6.07 Å². The Bertz CT molecular complexity index is 387. The van der Waals surface area contributed by atoms with Crippen molar-refractivity contribution in [2.24, 2.45) is 0 Å². The SMILES string of the molecule is O=C(COc1ccc(Br)cc1F)NCCCO. The topological polar surface area (TPSA) is 58.6 Å². The van der Waals surface area contributed by atoms with Gasteiger partial charge in [-0.2, -0.15) is 0 Å². The molecule has 6 heteroatoms. The van der Waals surface area contributed by atoms with Crippen LogP contribution in [0.15, 0.2) is 22.7 Å². The quantitative estimate of drug-likeness (QED) is 0.783. The summed E-state index contributed by atoms with van der Waals surface area (Å²) in [5, 5.41) is 11.0. The van der Waals surface area contributed by atoms with Gasteiger partial charge in [-0.15, -0.1) is 0 Å². The third kappa shape index (κ3) is 5.14. The fraction of sp³-hybridized carbons (Fsp3) is 0.364. The van der Waals surface area contributed by atoms with Gasteiger partial charge in [-0.25, -0.2) is 4.39 Å². The minimum atomic E-state index is -0.525. The summed E-state index contributed by atoms with van der Waals surface area (Å²) >= 11 is 3.12. The normalized spacial score (nSPS) is 10.1. The molecule has 0 bridgehead atoms. The molecule has 94 valence electrons. The van der Waals surface area contributed by atoms with Crippen molar-refractivity contribution in [3.63, 3.8) is 0 Å². The van der Waals surface area contributed by atoms with Crippen molar-refractivity contribution in [3.05, 3.63) is 28.5 Å². The van der Waals surface area contributed by atoms with Crippen LogP contribution in [0.1, 0.15) is 6.42 Å². The van der Waals surface area contributed by atoms with Gasteiger partial charge in [-0.1, -0.05) is 15.9 Å². The molecule has 1 aromatic rings. The largest absolute Gasteiger partial charge is 0.481 e. The molecule has 0 radical (unpaired) electrons. The van der Waals surface area contributed by atoms with Crippen LogP contribution in [0.2, 0.25) is 0 Å². The van der Waals surface area contributed by atoms with Gasteiger partial charge in [0.25, 0.3) is 5.91 Å². The van der Waals surface area contributed by atoms with Crippen molar-refractivity contribution >= 4 is 21.8 Å². The molecule has 0 fully saturated rings. The van der Waals surface area contributed by atoms with E-state index in [0.29, 0.717) is 17.4 Å². The van der Waals surface area contributed by atoms with Gasteiger partial charge in [0.05, 0.1) is 0 Å². The van der Waals surface area contributed by atoms with Crippen LogP contribution in [-0.2, 0) is 4.79 Å². The number of benzene rings is 1. The van der Waals surface area contributed by atoms with Gasteiger partial charge >= 0.3 is 0 Å². The predicted octanol–water partition coefficient (Wildman–Crippen LogP) is 1.47. The van der Waals surface area contributed by atoms with E-state index in [0.717, 1.165) is 0 Å². The van der Waals surface area contributed by atoms with Crippen LogP contribution in [0.25, 0.3) is 0 Å². The first-order valence-electron chi connectivity index (χ1n) is 5.09. The Labute approximate surface area is 107 Å². The van der Waals surface area contributed by atoms with Gasteiger partial charge in [-0.05, 0) is 24.6 Å². The van der Waals surface area contributed by atoms with E-state index in [9.17, 15) is 9.18 Å². The van der Waals surface area contributed by atoms with Gasteiger partial charge < -0.3 is 15.2 Å². The zero-order valence-electron chi connectivity index (χ0n) is 9.08. The van der Waals surface area contributed by atoms with Crippen molar-refractivity contribution in [2.75, 3.05) is 19.8 Å². The molecule has 0 spiro atoms. The maximum absolute atomic E-state index is 13.3. The summed E-state index contributed by atoms with van der Waals surface area (Å²) in [6.45, 7) is 0.147. The van der Waals surface area contributed by atoms with E-state index in [-0.39, 0.29) is 24.9 Å². The Balaban J connectivity index is 2.37. The van der Waals surface area contributed by atoms with Crippen molar-refractivity contribution in [3.8, 4) is 5.75 Å². The number of ether oxygens (including phenoxy) is 1. The first-order valence-corrected chi connectivity index (χ1v) is 5.88. The molecule has 0 aromatic heterocycles. The summed E-state index contributed by atoms with van der Waals surface area (Å²) in [5.41, 5.74) is 0. The fourth-order valence-corrected chi connectivity index (χ4v) is 1.43. The third-order valence-electron chi connectivity index (χ3n) is 1.91. The lowest BCUT2D eigenvalue weighted by atomic mass is 10.3. The van der Waals surface area contributed by atoms with Crippen molar-refractivity contribution < 1.29 is 19.0 Å². The molecule has 0 saturated carbocycles. The third-order valence-corrected chi connectivity index (χ3v) is 2.40. The molecule has 17 heavy (non-hydrogen) atoms. The first kappa shape index (κ1) is 13.9. The van der Waals surface area contributed by atoms with E-state index in [1.807, 2.05) is 0 Å². The number of carbonyl (C=O) groups is 1. The molecule has 0 aliphatic carbocycles. The van der Waals surface area contributed by atoms with E-state index >= 15 is 0 Å². The highest BCUT2D eigenvalue weighted by atomic mass is 79.9. The van der Waals surface area contributed by atoms with E-state index < -0.39 is 5.82 Å². The molecular formula is C11H13BrFNO3. The van der Waals surface area contributed by atoms with Gasteiger partial charge in [0.1, 0.15) is 0 Å². The van der Waals surface area contributed by atoms with Crippen LogP contribution in [-0.4, -0.2) is 30.8 Å². The Morgan fingerprint density at radius 1 is 1.53 bits per heavy atom. The second-order valence-corrected chi connectivity index (χ2v) is 4.21. The molecule has 1 aromatic carbocycles.